The predicted molar refractivity (Wildman–Crippen MR) is 83.5 cm³/mol. The minimum Gasteiger partial charge on any atom is -0.397 e. The molecule has 0 saturated heterocycles. The number of halogens is 2. The molecular formula is C13H19Cl2N3O2. The van der Waals surface area contributed by atoms with Gasteiger partial charge in [-0.15, -0.1) is 0 Å². The molecule has 7 heteroatoms. The van der Waals surface area contributed by atoms with Crippen LogP contribution in [0.5, 0.6) is 0 Å². The lowest BCUT2D eigenvalue weighted by Crippen LogP contribution is -2.27. The van der Waals surface area contributed by atoms with Crippen molar-refractivity contribution in [1.82, 2.24) is 4.90 Å². The number of nitrogens with two attached hydrogens (primary N) is 1. The van der Waals surface area contributed by atoms with Gasteiger partial charge in [0.2, 0.25) is 5.91 Å². The summed E-state index contributed by atoms with van der Waals surface area (Å²) >= 11 is 11.8. The number of anilines is 2. The van der Waals surface area contributed by atoms with Crippen LogP contribution in [0.1, 0.15) is 6.42 Å². The lowest BCUT2D eigenvalue weighted by Gasteiger charge is -2.16. The number of ether oxygens (including phenoxy) is 1. The van der Waals surface area contributed by atoms with Crippen molar-refractivity contribution in [3.05, 3.63) is 22.2 Å². The summed E-state index contributed by atoms with van der Waals surface area (Å²) in [7, 11) is 3.57. The number of hydrogen-bond acceptors (Lipinski definition) is 4. The van der Waals surface area contributed by atoms with Crippen molar-refractivity contribution in [1.29, 1.82) is 0 Å². The Balaban J connectivity index is 2.51. The molecule has 5 nitrogen and oxygen atoms in total. The summed E-state index contributed by atoms with van der Waals surface area (Å²) in [5.74, 6) is -0.148. The molecule has 0 aliphatic carbocycles. The topological polar surface area (TPSA) is 67.6 Å². The summed E-state index contributed by atoms with van der Waals surface area (Å²) < 4.78 is 4.97. The quantitative estimate of drug-likeness (QED) is 0.758. The van der Waals surface area contributed by atoms with Gasteiger partial charge in [0.25, 0.3) is 0 Å². The highest BCUT2D eigenvalue weighted by molar-refractivity contribution is 6.37. The minimum atomic E-state index is -0.148. The monoisotopic (exact) mass is 319 g/mol. The van der Waals surface area contributed by atoms with E-state index in [-0.39, 0.29) is 5.91 Å². The van der Waals surface area contributed by atoms with E-state index in [1.54, 1.807) is 19.2 Å². The number of nitrogens with one attached hydrogen (secondary N) is 1. The molecule has 20 heavy (non-hydrogen) atoms. The van der Waals surface area contributed by atoms with Crippen molar-refractivity contribution < 1.29 is 9.53 Å². The molecule has 0 aliphatic rings. The van der Waals surface area contributed by atoms with E-state index >= 15 is 0 Å². The van der Waals surface area contributed by atoms with Crippen LogP contribution in [0.15, 0.2) is 12.1 Å². The zero-order chi connectivity index (χ0) is 15.1. The molecule has 0 heterocycles. The number of benzene rings is 1. The number of carbonyl (C=O) groups is 1. The van der Waals surface area contributed by atoms with Crippen molar-refractivity contribution in [2.24, 2.45) is 0 Å². The van der Waals surface area contributed by atoms with Crippen molar-refractivity contribution in [2.45, 2.75) is 6.42 Å². The lowest BCUT2D eigenvalue weighted by atomic mass is 10.2. The Kier molecular flexibility index (Phi) is 7.09. The Morgan fingerprint density at radius 1 is 1.40 bits per heavy atom. The van der Waals surface area contributed by atoms with E-state index < -0.39 is 0 Å². The van der Waals surface area contributed by atoms with Gasteiger partial charge in [0, 0.05) is 31.6 Å². The number of rotatable bonds is 7. The molecule has 0 aromatic heterocycles. The summed E-state index contributed by atoms with van der Waals surface area (Å²) in [4.78, 5) is 13.9. The number of methoxy groups -OCH3 is 1. The molecule has 1 aromatic rings. The van der Waals surface area contributed by atoms with Crippen molar-refractivity contribution in [2.75, 3.05) is 44.9 Å². The van der Waals surface area contributed by atoms with Crippen LogP contribution in [0.3, 0.4) is 0 Å². The highest BCUT2D eigenvalue weighted by Gasteiger charge is 2.11. The highest BCUT2D eigenvalue weighted by Crippen LogP contribution is 2.32. The fraction of sp³-hybridized carbons (Fsp3) is 0.462. The van der Waals surface area contributed by atoms with E-state index in [4.69, 9.17) is 33.7 Å². The number of hydrogen-bond donors (Lipinski definition) is 2. The summed E-state index contributed by atoms with van der Waals surface area (Å²) in [6, 6.07) is 3.09. The van der Waals surface area contributed by atoms with Crippen LogP contribution >= 0.6 is 23.2 Å². The van der Waals surface area contributed by atoms with Crippen LogP contribution in [0.4, 0.5) is 11.4 Å². The molecule has 3 N–H and O–H groups in total. The molecule has 0 saturated carbocycles. The summed E-state index contributed by atoms with van der Waals surface area (Å²) in [5.41, 5.74) is 6.54. The van der Waals surface area contributed by atoms with Crippen molar-refractivity contribution in [3.8, 4) is 0 Å². The second-order valence-electron chi connectivity index (χ2n) is 4.45. The maximum absolute atomic E-state index is 11.9. The first-order valence-electron chi connectivity index (χ1n) is 6.16. The normalized spacial score (nSPS) is 10.8. The van der Waals surface area contributed by atoms with Crippen LogP contribution in [-0.4, -0.2) is 44.7 Å². The Hall–Kier alpha value is -1.01. The van der Waals surface area contributed by atoms with Gasteiger partial charge in [-0.05, 0) is 19.2 Å². The number of nitrogens with zero attached hydrogens (tertiary/aromatic N) is 1. The minimum absolute atomic E-state index is 0.148. The summed E-state index contributed by atoms with van der Waals surface area (Å²) in [6.07, 6.45) is 0.346. The molecule has 0 aliphatic heterocycles. The number of likely N-dealkylation sites (N-methyl/N-ethyl adjacent to an activating group) is 1. The average molecular weight is 320 g/mol. The molecule has 1 aromatic carbocycles. The molecule has 0 atom stereocenters. The highest BCUT2D eigenvalue weighted by atomic mass is 35.5. The van der Waals surface area contributed by atoms with Crippen molar-refractivity contribution in [3.63, 3.8) is 0 Å². The Bertz CT molecular complexity index is 446. The van der Waals surface area contributed by atoms with Crippen molar-refractivity contribution >= 4 is 40.5 Å². The predicted octanol–water partition coefficient (Wildman–Crippen LogP) is 2.48. The van der Waals surface area contributed by atoms with Gasteiger partial charge in [-0.25, -0.2) is 0 Å². The van der Waals surface area contributed by atoms with Gasteiger partial charge in [0.15, 0.2) is 0 Å². The molecule has 1 amide bonds. The van der Waals surface area contributed by atoms with Crippen LogP contribution in [-0.2, 0) is 9.53 Å². The molecule has 0 spiro atoms. The summed E-state index contributed by atoms with van der Waals surface area (Å²) in [6.45, 7) is 2.03. The SMILES string of the molecule is COCCN(C)CCC(=O)Nc1c(N)cc(Cl)cc1Cl. The first-order valence-corrected chi connectivity index (χ1v) is 6.91. The molecule has 0 bridgehead atoms. The second kappa shape index (κ2) is 8.32. The van der Waals surface area contributed by atoms with E-state index in [1.165, 1.54) is 0 Å². The van der Waals surface area contributed by atoms with E-state index in [1.807, 2.05) is 11.9 Å². The molecule has 0 unspecified atom stereocenters. The van der Waals surface area contributed by atoms with Gasteiger partial charge in [-0.3, -0.25) is 4.79 Å². The molecule has 1 rings (SSSR count). The standard InChI is InChI=1S/C13H19Cl2N3O2/c1-18(5-6-20-2)4-3-12(19)17-13-10(15)7-9(14)8-11(13)16/h7-8H,3-6,16H2,1-2H3,(H,17,19). The average Bonchev–Trinajstić information content (AvgIpc) is 2.38. The van der Waals surface area contributed by atoms with E-state index in [2.05, 4.69) is 5.32 Å². The second-order valence-corrected chi connectivity index (χ2v) is 5.29. The number of carbonyl (C=O) groups excluding carboxylic acids is 1. The zero-order valence-electron chi connectivity index (χ0n) is 11.6. The molecule has 112 valence electrons. The molecule has 0 radical (unpaired) electrons. The smallest absolute Gasteiger partial charge is 0.225 e. The van der Waals surface area contributed by atoms with Gasteiger partial charge >= 0.3 is 0 Å². The fourth-order valence-corrected chi connectivity index (χ4v) is 2.14. The Morgan fingerprint density at radius 2 is 2.10 bits per heavy atom. The Labute approximate surface area is 129 Å². The Morgan fingerprint density at radius 3 is 2.70 bits per heavy atom. The molecule has 0 fully saturated rings. The fourth-order valence-electron chi connectivity index (χ4n) is 1.58. The van der Waals surface area contributed by atoms with Gasteiger partial charge in [0.1, 0.15) is 0 Å². The largest absolute Gasteiger partial charge is 0.397 e. The first kappa shape index (κ1) is 17.0. The number of nitrogen functional groups attached to an aromatic ring is 1. The van der Waals surface area contributed by atoms with Crippen LogP contribution in [0.25, 0.3) is 0 Å². The van der Waals surface area contributed by atoms with Gasteiger partial charge in [0.05, 0.1) is 23.0 Å². The first-order chi connectivity index (χ1) is 9.43. The van der Waals surface area contributed by atoms with E-state index in [0.29, 0.717) is 41.0 Å². The maximum atomic E-state index is 11.9. The lowest BCUT2D eigenvalue weighted by molar-refractivity contribution is -0.116. The molecular weight excluding hydrogens is 301 g/mol. The van der Waals surface area contributed by atoms with Gasteiger partial charge < -0.3 is 20.7 Å². The third kappa shape index (κ3) is 5.54. The summed E-state index contributed by atoms with van der Waals surface area (Å²) in [5, 5.41) is 3.47. The van der Waals surface area contributed by atoms with Crippen LogP contribution in [0, 0.1) is 0 Å². The zero-order valence-corrected chi connectivity index (χ0v) is 13.1. The van der Waals surface area contributed by atoms with Crippen LogP contribution < -0.4 is 11.1 Å². The van der Waals surface area contributed by atoms with Gasteiger partial charge in [-0.2, -0.15) is 0 Å². The van der Waals surface area contributed by atoms with Crippen LogP contribution in [0.2, 0.25) is 10.0 Å². The van der Waals surface area contributed by atoms with E-state index in [9.17, 15) is 4.79 Å². The maximum Gasteiger partial charge on any atom is 0.225 e. The third-order valence-electron chi connectivity index (χ3n) is 2.75. The number of amides is 1. The van der Waals surface area contributed by atoms with E-state index in [0.717, 1.165) is 6.54 Å². The third-order valence-corrected chi connectivity index (χ3v) is 3.26. The van der Waals surface area contributed by atoms with Gasteiger partial charge in [-0.1, -0.05) is 23.2 Å².